The van der Waals surface area contributed by atoms with Crippen LogP contribution in [0.1, 0.15) is 58.8 Å². The Kier molecular flexibility index (Phi) is 8.73. The van der Waals surface area contributed by atoms with Gasteiger partial charge in [0.15, 0.2) is 0 Å². The lowest BCUT2D eigenvalue weighted by Gasteiger charge is -2.32. The van der Waals surface area contributed by atoms with E-state index in [1.165, 1.54) is 25.7 Å². The van der Waals surface area contributed by atoms with Gasteiger partial charge in [-0.05, 0) is 57.9 Å². The molecule has 2 rings (SSSR count). The van der Waals surface area contributed by atoms with Crippen molar-refractivity contribution in [3.8, 4) is 0 Å². The van der Waals surface area contributed by atoms with E-state index in [0.29, 0.717) is 11.5 Å². The molecule has 0 aromatic rings. The molecule has 130 valence electrons. The third-order valence-corrected chi connectivity index (χ3v) is 5.28. The van der Waals surface area contributed by atoms with Crippen molar-refractivity contribution in [3.63, 3.8) is 0 Å². The Balaban J connectivity index is 0.00000242. The van der Waals surface area contributed by atoms with Gasteiger partial charge in [-0.1, -0.05) is 12.8 Å². The molecule has 1 saturated heterocycles. The lowest BCUT2D eigenvalue weighted by atomic mass is 9.82. The van der Waals surface area contributed by atoms with E-state index in [1.54, 1.807) is 0 Å². The summed E-state index contributed by atoms with van der Waals surface area (Å²) >= 11 is 0. The molecular weight excluding hydrogens is 300 g/mol. The fourth-order valence-electron chi connectivity index (χ4n) is 3.86. The molecule has 0 spiro atoms. The molecule has 1 aliphatic carbocycles. The lowest BCUT2D eigenvalue weighted by molar-refractivity contribution is -0.126. The number of halogens is 1. The number of ether oxygens (including phenoxy) is 1. The normalized spacial score (nSPS) is 27.2. The monoisotopic (exact) mass is 332 g/mol. The van der Waals surface area contributed by atoms with Crippen LogP contribution in [0.2, 0.25) is 0 Å². The van der Waals surface area contributed by atoms with Crippen molar-refractivity contribution in [1.29, 1.82) is 0 Å². The molecule has 0 aromatic heterocycles. The summed E-state index contributed by atoms with van der Waals surface area (Å²) in [7, 11) is 0. The number of carbonyl (C=O) groups excluding carboxylic acids is 1. The van der Waals surface area contributed by atoms with Crippen molar-refractivity contribution >= 4 is 18.3 Å². The first-order valence-corrected chi connectivity index (χ1v) is 8.74. The van der Waals surface area contributed by atoms with Crippen LogP contribution >= 0.6 is 12.4 Å². The molecule has 22 heavy (non-hydrogen) atoms. The highest BCUT2D eigenvalue weighted by molar-refractivity contribution is 5.85. The second kappa shape index (κ2) is 9.74. The van der Waals surface area contributed by atoms with E-state index in [2.05, 4.69) is 17.6 Å². The average molecular weight is 333 g/mol. The molecule has 4 nitrogen and oxygen atoms in total. The topological polar surface area (TPSA) is 50.4 Å². The number of amides is 1. The zero-order valence-corrected chi connectivity index (χ0v) is 15.0. The Morgan fingerprint density at radius 3 is 2.73 bits per heavy atom. The molecule has 2 aliphatic rings. The van der Waals surface area contributed by atoms with Crippen LogP contribution in [-0.2, 0) is 9.53 Å². The highest BCUT2D eigenvalue weighted by Gasteiger charge is 2.34. The standard InChI is InChI=1S/C17H32N2O2.ClH/c1-3-21-11-9-17(7-4-5-8-17)13-19-16(20)15-6-10-18-14(2)12-15;/h14-15,18H,3-13H2,1-2H3,(H,19,20);1H/t14-,15-;/m0./s1. The van der Waals surface area contributed by atoms with Crippen LogP contribution in [0, 0.1) is 11.3 Å². The minimum absolute atomic E-state index is 0. The van der Waals surface area contributed by atoms with Crippen LogP contribution in [0.25, 0.3) is 0 Å². The fourth-order valence-corrected chi connectivity index (χ4v) is 3.86. The summed E-state index contributed by atoms with van der Waals surface area (Å²) in [5.74, 6) is 0.470. The highest BCUT2D eigenvalue weighted by Crippen LogP contribution is 2.40. The molecular formula is C17H33ClN2O2. The van der Waals surface area contributed by atoms with Gasteiger partial charge in [-0.3, -0.25) is 4.79 Å². The maximum Gasteiger partial charge on any atom is 0.223 e. The molecule has 2 atom stereocenters. The Bertz CT molecular complexity index is 333. The zero-order chi connectivity index (χ0) is 15.1. The molecule has 1 amide bonds. The van der Waals surface area contributed by atoms with Gasteiger partial charge in [0, 0.05) is 31.7 Å². The first-order valence-electron chi connectivity index (χ1n) is 8.74. The summed E-state index contributed by atoms with van der Waals surface area (Å²) in [4.78, 5) is 12.4. The van der Waals surface area contributed by atoms with Gasteiger partial charge in [0.25, 0.3) is 0 Å². The summed E-state index contributed by atoms with van der Waals surface area (Å²) in [6, 6.07) is 0.466. The van der Waals surface area contributed by atoms with Crippen molar-refractivity contribution in [2.45, 2.75) is 64.8 Å². The molecule has 5 heteroatoms. The Morgan fingerprint density at radius 1 is 1.36 bits per heavy atom. The lowest BCUT2D eigenvalue weighted by Crippen LogP contribution is -2.45. The fraction of sp³-hybridized carbons (Fsp3) is 0.941. The van der Waals surface area contributed by atoms with Gasteiger partial charge in [-0.25, -0.2) is 0 Å². The zero-order valence-electron chi connectivity index (χ0n) is 14.2. The van der Waals surface area contributed by atoms with Crippen LogP contribution in [-0.4, -0.2) is 38.3 Å². The predicted octanol–water partition coefficient (Wildman–Crippen LogP) is 2.90. The van der Waals surface area contributed by atoms with Crippen molar-refractivity contribution in [2.24, 2.45) is 11.3 Å². The van der Waals surface area contributed by atoms with Gasteiger partial charge in [-0.2, -0.15) is 0 Å². The largest absolute Gasteiger partial charge is 0.382 e. The third-order valence-electron chi connectivity index (χ3n) is 5.28. The van der Waals surface area contributed by atoms with Gasteiger partial charge >= 0.3 is 0 Å². The Hall–Kier alpha value is -0.320. The van der Waals surface area contributed by atoms with E-state index >= 15 is 0 Å². The van der Waals surface area contributed by atoms with Crippen molar-refractivity contribution in [1.82, 2.24) is 10.6 Å². The predicted molar refractivity (Wildman–Crippen MR) is 92.5 cm³/mol. The molecule has 0 bridgehead atoms. The Morgan fingerprint density at radius 2 is 2.09 bits per heavy atom. The molecule has 1 aliphatic heterocycles. The summed E-state index contributed by atoms with van der Waals surface area (Å²) in [5.41, 5.74) is 0.295. The van der Waals surface area contributed by atoms with Gasteiger partial charge < -0.3 is 15.4 Å². The van der Waals surface area contributed by atoms with Gasteiger partial charge in [-0.15, -0.1) is 12.4 Å². The van der Waals surface area contributed by atoms with Gasteiger partial charge in [0.2, 0.25) is 5.91 Å². The van der Waals surface area contributed by atoms with Crippen LogP contribution in [0.3, 0.4) is 0 Å². The highest BCUT2D eigenvalue weighted by atomic mass is 35.5. The second-order valence-electron chi connectivity index (χ2n) is 6.95. The third kappa shape index (κ3) is 5.71. The van der Waals surface area contributed by atoms with Crippen molar-refractivity contribution in [3.05, 3.63) is 0 Å². The number of nitrogens with one attached hydrogen (secondary N) is 2. The van der Waals surface area contributed by atoms with Crippen LogP contribution in [0.15, 0.2) is 0 Å². The molecule has 0 radical (unpaired) electrons. The summed E-state index contributed by atoms with van der Waals surface area (Å²) < 4.78 is 5.54. The van der Waals surface area contributed by atoms with Crippen LogP contribution in [0.4, 0.5) is 0 Å². The quantitative estimate of drug-likeness (QED) is 0.705. The minimum Gasteiger partial charge on any atom is -0.382 e. The first kappa shape index (κ1) is 19.7. The van der Waals surface area contributed by atoms with E-state index in [9.17, 15) is 4.79 Å². The maximum atomic E-state index is 12.4. The second-order valence-corrected chi connectivity index (χ2v) is 6.95. The average Bonchev–Trinajstić information content (AvgIpc) is 2.94. The van der Waals surface area contributed by atoms with Crippen LogP contribution < -0.4 is 10.6 Å². The van der Waals surface area contributed by atoms with E-state index in [4.69, 9.17) is 4.74 Å². The number of hydrogen-bond donors (Lipinski definition) is 2. The molecule has 2 fully saturated rings. The number of carbonyl (C=O) groups is 1. The smallest absolute Gasteiger partial charge is 0.223 e. The van der Waals surface area contributed by atoms with E-state index in [0.717, 1.165) is 45.6 Å². The van der Waals surface area contributed by atoms with Crippen molar-refractivity contribution in [2.75, 3.05) is 26.3 Å². The van der Waals surface area contributed by atoms with Crippen LogP contribution in [0.5, 0.6) is 0 Å². The van der Waals surface area contributed by atoms with Gasteiger partial charge in [0.1, 0.15) is 0 Å². The molecule has 0 aromatic carbocycles. The number of hydrogen-bond acceptors (Lipinski definition) is 3. The number of rotatable bonds is 7. The summed E-state index contributed by atoms with van der Waals surface area (Å²) in [6.07, 6.45) is 8.11. The molecule has 1 saturated carbocycles. The van der Waals surface area contributed by atoms with E-state index < -0.39 is 0 Å². The van der Waals surface area contributed by atoms with Gasteiger partial charge in [0.05, 0.1) is 0 Å². The number of piperidine rings is 1. The minimum atomic E-state index is 0. The SMILES string of the molecule is CCOCCC1(CNC(=O)[C@H]2CCN[C@@H](C)C2)CCCC1.Cl. The van der Waals surface area contributed by atoms with E-state index in [1.807, 2.05) is 6.92 Å². The molecule has 0 unspecified atom stereocenters. The molecule has 1 heterocycles. The van der Waals surface area contributed by atoms with Crippen molar-refractivity contribution < 1.29 is 9.53 Å². The first-order chi connectivity index (χ1) is 10.2. The Labute approximate surface area is 141 Å². The molecule has 2 N–H and O–H groups in total. The summed E-state index contributed by atoms with van der Waals surface area (Å²) in [6.45, 7) is 7.64. The summed E-state index contributed by atoms with van der Waals surface area (Å²) in [5, 5.41) is 6.67. The maximum absolute atomic E-state index is 12.4. The van der Waals surface area contributed by atoms with E-state index in [-0.39, 0.29) is 24.2 Å².